The summed E-state index contributed by atoms with van der Waals surface area (Å²) in [5.74, 6) is -2.09. The second-order valence-electron chi connectivity index (χ2n) is 10.5. The number of aliphatic imine (C=N–C) groups is 1. The molecule has 1 rings (SSSR count). The normalized spacial score (nSPS) is 24.8. The maximum Gasteiger partial charge on any atom is 0.399 e. The van der Waals surface area contributed by atoms with Crippen LogP contribution in [0.1, 0.15) is 47.5 Å². The number of amides is 1. The molecule has 1 amide bonds. The number of ether oxygens (including phenoxy) is 5. The van der Waals surface area contributed by atoms with Crippen molar-refractivity contribution in [3.8, 4) is 0 Å². The van der Waals surface area contributed by atoms with Crippen LogP contribution in [0.4, 0.5) is 0 Å². The summed E-state index contributed by atoms with van der Waals surface area (Å²) in [4.78, 5) is 27.5. The molecule has 0 aromatic heterocycles. The molecule has 0 aromatic rings. The van der Waals surface area contributed by atoms with Gasteiger partial charge in [0.05, 0.1) is 39.1 Å². The highest BCUT2D eigenvalue weighted by Gasteiger charge is 2.51. The summed E-state index contributed by atoms with van der Waals surface area (Å²) < 4.78 is 34.0. The maximum atomic E-state index is 12.1. The molecule has 1 fully saturated rings. The summed E-state index contributed by atoms with van der Waals surface area (Å²) in [6.07, 6.45) is -0.384. The number of rotatable bonds is 8. The van der Waals surface area contributed by atoms with Crippen LogP contribution in [0.15, 0.2) is 4.99 Å². The Morgan fingerprint density at radius 1 is 1.12 bits per heavy atom. The van der Waals surface area contributed by atoms with Gasteiger partial charge >= 0.3 is 11.9 Å². The highest BCUT2D eigenvalue weighted by Crippen LogP contribution is 2.45. The van der Waals surface area contributed by atoms with Gasteiger partial charge < -0.3 is 28.1 Å². The molecule has 9 nitrogen and oxygen atoms in total. The van der Waals surface area contributed by atoms with E-state index in [1.165, 1.54) is 7.11 Å². The fourth-order valence-electron chi connectivity index (χ4n) is 3.52. The fraction of sp³-hybridized carbons (Fsp3) is 0.870. The third-order valence-corrected chi connectivity index (χ3v) is 11.4. The molecule has 0 bridgehead atoms. The molecule has 0 unspecified atom stereocenters. The summed E-state index contributed by atoms with van der Waals surface area (Å²) in [7, 11) is 3.65. The Bertz CT molecular complexity index is 701. The minimum atomic E-state index is -2.14. The lowest BCUT2D eigenvalue weighted by Gasteiger charge is -2.51. The van der Waals surface area contributed by atoms with Gasteiger partial charge in [0, 0.05) is 32.5 Å². The third-order valence-electron chi connectivity index (χ3n) is 6.88. The minimum absolute atomic E-state index is 0.0104. The van der Waals surface area contributed by atoms with E-state index < -0.39 is 26.3 Å². The van der Waals surface area contributed by atoms with Gasteiger partial charge in [-0.3, -0.25) is 4.79 Å². The highest BCUT2D eigenvalue weighted by molar-refractivity contribution is 6.74. The molecule has 1 aliphatic heterocycles. The largest absolute Gasteiger partial charge is 0.482 e. The molecule has 0 radical (unpaired) electrons. The van der Waals surface area contributed by atoms with E-state index in [4.69, 9.17) is 23.4 Å². The van der Waals surface area contributed by atoms with Gasteiger partial charge in [-0.15, -0.1) is 0 Å². The summed E-state index contributed by atoms with van der Waals surface area (Å²) >= 11 is 0. The number of nitrogens with zero attached hydrogens (tertiary/aromatic N) is 1. The standard InChI is InChI=1S/C23H43NO8Si/c1-22(2,3)33(10,11)32-18-13-16(20(29-8)24-19(25)21(26)30-9)31-17(23(18,4)5)12-15(28-7)14-27-6/h15-18H,12-14H2,1-11H3/t15-,16-,17+,18+/m0/s1. The Morgan fingerprint density at radius 3 is 2.18 bits per heavy atom. The zero-order chi connectivity index (χ0) is 25.6. The molecule has 0 spiro atoms. The number of hydrogen-bond donors (Lipinski definition) is 0. The van der Waals surface area contributed by atoms with Gasteiger partial charge in [-0.25, -0.2) is 4.79 Å². The van der Waals surface area contributed by atoms with Crippen LogP contribution >= 0.6 is 0 Å². The predicted molar refractivity (Wildman–Crippen MR) is 128 cm³/mol. The molecule has 192 valence electrons. The van der Waals surface area contributed by atoms with Crippen molar-refractivity contribution in [2.75, 3.05) is 35.0 Å². The molecular formula is C23H43NO8Si. The van der Waals surface area contributed by atoms with Crippen LogP contribution < -0.4 is 0 Å². The van der Waals surface area contributed by atoms with E-state index in [-0.39, 0.29) is 34.7 Å². The molecule has 0 saturated carbocycles. The lowest BCUT2D eigenvalue weighted by Crippen LogP contribution is -2.58. The van der Waals surface area contributed by atoms with E-state index in [2.05, 4.69) is 57.4 Å². The molecule has 1 saturated heterocycles. The topological polar surface area (TPSA) is 102 Å². The number of carbonyl (C=O) groups excluding carboxylic acids is 2. The van der Waals surface area contributed by atoms with Crippen molar-refractivity contribution in [3.05, 3.63) is 0 Å². The first-order chi connectivity index (χ1) is 15.1. The second kappa shape index (κ2) is 11.9. The number of methoxy groups -OCH3 is 4. The molecule has 1 aliphatic rings. The molecule has 0 aliphatic carbocycles. The van der Waals surface area contributed by atoms with Gasteiger partial charge in [-0.1, -0.05) is 34.6 Å². The SMILES string of the molecule is COC[C@H](C[C@H]1O[C@H](C(=NC(=O)C(=O)OC)OC)C[C@@H](O[Si](C)(C)C(C)(C)C)C1(C)C)OC. The minimum Gasteiger partial charge on any atom is -0.482 e. The van der Waals surface area contributed by atoms with E-state index in [0.717, 1.165) is 7.11 Å². The van der Waals surface area contributed by atoms with Crippen LogP contribution in [0.5, 0.6) is 0 Å². The van der Waals surface area contributed by atoms with Crippen molar-refractivity contribution < 1.29 is 37.7 Å². The van der Waals surface area contributed by atoms with Crippen molar-refractivity contribution in [1.29, 1.82) is 0 Å². The Hall–Kier alpha value is -1.33. The molecule has 33 heavy (non-hydrogen) atoms. The fourth-order valence-corrected chi connectivity index (χ4v) is 4.99. The van der Waals surface area contributed by atoms with Gasteiger partial charge in [0.25, 0.3) is 0 Å². The van der Waals surface area contributed by atoms with Gasteiger partial charge in [-0.05, 0) is 18.1 Å². The Kier molecular flexibility index (Phi) is 10.7. The Morgan fingerprint density at radius 2 is 1.73 bits per heavy atom. The van der Waals surface area contributed by atoms with Crippen molar-refractivity contribution in [2.24, 2.45) is 10.4 Å². The molecular weight excluding hydrogens is 446 g/mol. The zero-order valence-corrected chi connectivity index (χ0v) is 23.1. The van der Waals surface area contributed by atoms with Crippen molar-refractivity contribution in [3.63, 3.8) is 0 Å². The van der Waals surface area contributed by atoms with Gasteiger partial charge in [0.15, 0.2) is 8.32 Å². The van der Waals surface area contributed by atoms with Crippen molar-refractivity contribution in [2.45, 2.75) is 90.0 Å². The zero-order valence-electron chi connectivity index (χ0n) is 22.1. The van der Waals surface area contributed by atoms with E-state index in [0.29, 0.717) is 19.4 Å². The van der Waals surface area contributed by atoms with Crippen molar-refractivity contribution >= 4 is 26.1 Å². The van der Waals surface area contributed by atoms with Crippen LogP contribution in [-0.4, -0.2) is 85.6 Å². The lowest BCUT2D eigenvalue weighted by atomic mass is 9.74. The highest BCUT2D eigenvalue weighted by atomic mass is 28.4. The number of esters is 1. The second-order valence-corrected chi connectivity index (χ2v) is 15.3. The lowest BCUT2D eigenvalue weighted by molar-refractivity contribution is -0.168. The Balaban J connectivity index is 3.38. The summed E-state index contributed by atoms with van der Waals surface area (Å²) in [6.45, 7) is 15.6. The van der Waals surface area contributed by atoms with Crippen LogP contribution in [-0.2, 0) is 37.7 Å². The average Bonchev–Trinajstić information content (AvgIpc) is 2.72. The smallest absolute Gasteiger partial charge is 0.399 e. The monoisotopic (exact) mass is 489 g/mol. The third kappa shape index (κ3) is 7.58. The van der Waals surface area contributed by atoms with Gasteiger partial charge in [-0.2, -0.15) is 4.99 Å². The van der Waals surface area contributed by atoms with Crippen LogP contribution in [0.25, 0.3) is 0 Å². The number of hydrogen-bond acceptors (Lipinski definition) is 8. The van der Waals surface area contributed by atoms with Gasteiger partial charge in [0.1, 0.15) is 6.10 Å². The van der Waals surface area contributed by atoms with E-state index in [9.17, 15) is 9.59 Å². The van der Waals surface area contributed by atoms with Crippen LogP contribution in [0.3, 0.4) is 0 Å². The first kappa shape index (κ1) is 29.7. The first-order valence-corrected chi connectivity index (χ1v) is 14.1. The quantitative estimate of drug-likeness (QED) is 0.168. The molecule has 1 heterocycles. The van der Waals surface area contributed by atoms with Gasteiger partial charge in [0.2, 0.25) is 5.90 Å². The van der Waals surface area contributed by atoms with E-state index in [1.54, 1.807) is 14.2 Å². The predicted octanol–water partition coefficient (Wildman–Crippen LogP) is 3.36. The van der Waals surface area contributed by atoms with E-state index in [1.807, 2.05) is 0 Å². The summed E-state index contributed by atoms with van der Waals surface area (Å²) in [5.41, 5.74) is -0.373. The molecule has 10 heteroatoms. The summed E-state index contributed by atoms with van der Waals surface area (Å²) in [5, 5.41) is 0.0104. The maximum absolute atomic E-state index is 12.1. The van der Waals surface area contributed by atoms with Crippen molar-refractivity contribution in [1.82, 2.24) is 0 Å². The molecule has 4 atom stereocenters. The molecule has 0 N–H and O–H groups in total. The Labute approximate surface area is 199 Å². The summed E-state index contributed by atoms with van der Waals surface area (Å²) in [6, 6.07) is 0. The number of carbonyl (C=O) groups is 2. The van der Waals surface area contributed by atoms with Crippen LogP contribution in [0.2, 0.25) is 18.1 Å². The first-order valence-electron chi connectivity index (χ1n) is 11.2. The van der Waals surface area contributed by atoms with Crippen LogP contribution in [0, 0.1) is 5.41 Å². The molecule has 0 aromatic carbocycles. The average molecular weight is 490 g/mol. The van der Waals surface area contributed by atoms with E-state index >= 15 is 0 Å².